The molecule has 1 saturated carbocycles. The van der Waals surface area contributed by atoms with Crippen molar-refractivity contribution in [2.75, 3.05) is 13.1 Å². The van der Waals surface area contributed by atoms with Gasteiger partial charge in [0.15, 0.2) is 0 Å². The number of nitrogens with zero attached hydrogens (tertiary/aromatic N) is 3. The van der Waals surface area contributed by atoms with Crippen LogP contribution in [0.3, 0.4) is 0 Å². The number of carbonyl (C=O) groups is 1. The van der Waals surface area contributed by atoms with Crippen LogP contribution in [0.1, 0.15) is 54.4 Å². The standard InChI is InChI=1S/C17H23N3OS/c1-10(2)15-13-7-14(22-17(13)19(3)18-15)16(21)20-8-11-5-4-6-12(11)9-20/h7,10-12H,4-6,8-9H2,1-3H3/t11-,12+. The van der Waals surface area contributed by atoms with E-state index in [-0.39, 0.29) is 5.91 Å². The minimum Gasteiger partial charge on any atom is -0.337 e. The lowest BCUT2D eigenvalue weighted by Crippen LogP contribution is -2.28. The van der Waals surface area contributed by atoms with Crippen molar-refractivity contribution < 1.29 is 4.79 Å². The largest absolute Gasteiger partial charge is 0.337 e. The molecule has 0 bridgehead atoms. The summed E-state index contributed by atoms with van der Waals surface area (Å²) in [4.78, 5) is 16.9. The monoisotopic (exact) mass is 317 g/mol. The van der Waals surface area contributed by atoms with E-state index in [1.165, 1.54) is 19.3 Å². The van der Waals surface area contributed by atoms with Crippen molar-refractivity contribution in [3.8, 4) is 0 Å². The number of aromatic nitrogens is 2. The minimum absolute atomic E-state index is 0.227. The van der Waals surface area contributed by atoms with Crippen LogP contribution in [0.15, 0.2) is 6.07 Å². The quantitative estimate of drug-likeness (QED) is 0.848. The van der Waals surface area contributed by atoms with Gasteiger partial charge in [0.2, 0.25) is 0 Å². The number of carbonyl (C=O) groups excluding carboxylic acids is 1. The molecule has 5 heteroatoms. The van der Waals surface area contributed by atoms with E-state index in [2.05, 4.69) is 29.9 Å². The normalized spacial score (nSPS) is 24.6. The van der Waals surface area contributed by atoms with Crippen molar-refractivity contribution in [1.82, 2.24) is 14.7 Å². The van der Waals surface area contributed by atoms with E-state index < -0.39 is 0 Å². The Morgan fingerprint density at radius 2 is 2.00 bits per heavy atom. The van der Waals surface area contributed by atoms with Crippen LogP contribution in [0.2, 0.25) is 0 Å². The van der Waals surface area contributed by atoms with Crippen LogP contribution in [-0.4, -0.2) is 33.7 Å². The molecule has 2 fully saturated rings. The van der Waals surface area contributed by atoms with Gasteiger partial charge in [0, 0.05) is 25.5 Å². The molecular weight excluding hydrogens is 294 g/mol. The van der Waals surface area contributed by atoms with E-state index >= 15 is 0 Å². The molecule has 2 aliphatic rings. The number of hydrogen-bond acceptors (Lipinski definition) is 3. The molecule has 2 aromatic heterocycles. The Hall–Kier alpha value is -1.36. The molecule has 1 aliphatic heterocycles. The number of thiophene rings is 1. The number of hydrogen-bond donors (Lipinski definition) is 0. The fraction of sp³-hybridized carbons (Fsp3) is 0.647. The summed E-state index contributed by atoms with van der Waals surface area (Å²) in [5.74, 6) is 2.12. The first-order valence-corrected chi connectivity index (χ1v) is 9.12. The van der Waals surface area contributed by atoms with Crippen molar-refractivity contribution in [2.45, 2.75) is 39.0 Å². The second kappa shape index (κ2) is 5.08. The van der Waals surface area contributed by atoms with Crippen LogP contribution in [0.25, 0.3) is 10.2 Å². The predicted molar refractivity (Wildman–Crippen MR) is 89.4 cm³/mol. The van der Waals surface area contributed by atoms with E-state index in [0.717, 1.165) is 45.7 Å². The zero-order valence-corrected chi connectivity index (χ0v) is 14.3. The summed E-state index contributed by atoms with van der Waals surface area (Å²) in [7, 11) is 1.97. The average molecular weight is 317 g/mol. The maximum atomic E-state index is 12.8. The SMILES string of the molecule is CC(C)c1nn(C)c2sc(C(=O)N3C[C@H]4CCC[C@H]4C3)cc12. The van der Waals surface area contributed by atoms with E-state index in [1.54, 1.807) is 11.3 Å². The molecule has 1 aliphatic carbocycles. The third-order valence-electron chi connectivity index (χ3n) is 5.31. The summed E-state index contributed by atoms with van der Waals surface area (Å²) in [5.41, 5.74) is 1.10. The topological polar surface area (TPSA) is 38.1 Å². The number of rotatable bonds is 2. The first-order chi connectivity index (χ1) is 10.5. The molecule has 0 N–H and O–H groups in total. The summed E-state index contributed by atoms with van der Waals surface area (Å²) < 4.78 is 1.92. The lowest BCUT2D eigenvalue weighted by Gasteiger charge is -2.16. The van der Waals surface area contributed by atoms with E-state index in [0.29, 0.717) is 5.92 Å². The summed E-state index contributed by atoms with van der Waals surface area (Å²) in [5, 5.41) is 5.75. The van der Waals surface area contributed by atoms with Crippen LogP contribution in [0.4, 0.5) is 0 Å². The predicted octanol–water partition coefficient (Wildman–Crippen LogP) is 3.63. The van der Waals surface area contributed by atoms with Gasteiger partial charge in [-0.15, -0.1) is 11.3 Å². The van der Waals surface area contributed by atoms with Gasteiger partial charge in [-0.2, -0.15) is 5.10 Å². The Bertz CT molecular complexity index is 718. The lowest BCUT2D eigenvalue weighted by atomic mass is 10.0. The lowest BCUT2D eigenvalue weighted by molar-refractivity contribution is 0.0785. The summed E-state index contributed by atoms with van der Waals surface area (Å²) in [6.45, 7) is 6.24. The van der Waals surface area contributed by atoms with Gasteiger partial charge in [0.25, 0.3) is 5.91 Å². The molecule has 0 spiro atoms. The van der Waals surface area contributed by atoms with Crippen molar-refractivity contribution >= 4 is 27.5 Å². The Kier molecular flexibility index (Phi) is 3.29. The van der Waals surface area contributed by atoms with Crippen LogP contribution >= 0.6 is 11.3 Å². The zero-order valence-electron chi connectivity index (χ0n) is 13.5. The van der Waals surface area contributed by atoms with Crippen molar-refractivity contribution in [3.05, 3.63) is 16.6 Å². The summed E-state index contributed by atoms with van der Waals surface area (Å²) >= 11 is 1.59. The molecule has 118 valence electrons. The molecule has 22 heavy (non-hydrogen) atoms. The molecule has 0 aromatic carbocycles. The smallest absolute Gasteiger partial charge is 0.264 e. The molecule has 4 nitrogen and oxygen atoms in total. The highest BCUT2D eigenvalue weighted by molar-refractivity contribution is 7.20. The molecule has 2 atom stereocenters. The second-order valence-corrected chi connectivity index (χ2v) is 8.18. The van der Waals surface area contributed by atoms with Crippen LogP contribution in [0, 0.1) is 11.8 Å². The Morgan fingerprint density at radius 1 is 1.32 bits per heavy atom. The first-order valence-electron chi connectivity index (χ1n) is 8.30. The molecule has 0 unspecified atom stereocenters. The molecule has 1 saturated heterocycles. The molecule has 2 aromatic rings. The third kappa shape index (κ3) is 2.09. The average Bonchev–Trinajstić information content (AvgIpc) is 3.17. The van der Waals surface area contributed by atoms with Gasteiger partial charge in [-0.05, 0) is 36.7 Å². The van der Waals surface area contributed by atoms with Crippen molar-refractivity contribution in [1.29, 1.82) is 0 Å². The highest BCUT2D eigenvalue weighted by Crippen LogP contribution is 2.39. The Morgan fingerprint density at radius 3 is 2.64 bits per heavy atom. The van der Waals surface area contributed by atoms with Gasteiger partial charge < -0.3 is 4.90 Å². The number of likely N-dealkylation sites (tertiary alicyclic amines) is 1. The fourth-order valence-corrected chi connectivity index (χ4v) is 5.20. The second-order valence-electron chi connectivity index (χ2n) is 7.15. The Labute approximate surface area is 135 Å². The number of amides is 1. The van der Waals surface area contributed by atoms with Crippen molar-refractivity contribution in [2.24, 2.45) is 18.9 Å². The zero-order chi connectivity index (χ0) is 15.4. The van der Waals surface area contributed by atoms with Gasteiger partial charge in [-0.3, -0.25) is 9.48 Å². The van der Waals surface area contributed by atoms with Crippen LogP contribution < -0.4 is 0 Å². The first kappa shape index (κ1) is 14.2. The summed E-state index contributed by atoms with van der Waals surface area (Å²) in [6.07, 6.45) is 3.97. The van der Waals surface area contributed by atoms with E-state index in [4.69, 9.17) is 0 Å². The molecule has 4 rings (SSSR count). The molecule has 1 amide bonds. The number of aryl methyl sites for hydroxylation is 1. The van der Waals surface area contributed by atoms with E-state index in [1.807, 2.05) is 11.7 Å². The summed E-state index contributed by atoms with van der Waals surface area (Å²) in [6, 6.07) is 2.07. The van der Waals surface area contributed by atoms with Gasteiger partial charge in [-0.1, -0.05) is 20.3 Å². The molecular formula is C17H23N3OS. The van der Waals surface area contributed by atoms with Crippen LogP contribution in [-0.2, 0) is 7.05 Å². The van der Waals surface area contributed by atoms with Gasteiger partial charge in [0.05, 0.1) is 10.6 Å². The van der Waals surface area contributed by atoms with Crippen LogP contribution in [0.5, 0.6) is 0 Å². The molecule has 0 radical (unpaired) electrons. The Balaban J connectivity index is 1.64. The minimum atomic E-state index is 0.227. The van der Waals surface area contributed by atoms with Gasteiger partial charge in [0.1, 0.15) is 4.83 Å². The third-order valence-corrected chi connectivity index (χ3v) is 6.50. The van der Waals surface area contributed by atoms with Crippen molar-refractivity contribution in [3.63, 3.8) is 0 Å². The molecule has 3 heterocycles. The van der Waals surface area contributed by atoms with E-state index in [9.17, 15) is 4.79 Å². The maximum Gasteiger partial charge on any atom is 0.264 e. The number of fused-ring (bicyclic) bond motifs is 2. The van der Waals surface area contributed by atoms with Gasteiger partial charge >= 0.3 is 0 Å². The fourth-order valence-electron chi connectivity index (χ4n) is 4.15. The maximum absolute atomic E-state index is 12.8. The van der Waals surface area contributed by atoms with Gasteiger partial charge in [-0.25, -0.2) is 0 Å². The highest BCUT2D eigenvalue weighted by atomic mass is 32.1. The highest BCUT2D eigenvalue weighted by Gasteiger charge is 2.38.